The van der Waals surface area contributed by atoms with Crippen molar-refractivity contribution in [2.75, 3.05) is 18.5 Å². The van der Waals surface area contributed by atoms with Crippen LogP contribution in [0.15, 0.2) is 18.2 Å². The van der Waals surface area contributed by atoms with Gasteiger partial charge in [0.15, 0.2) is 0 Å². The fourth-order valence-electron chi connectivity index (χ4n) is 2.02. The highest BCUT2D eigenvalue weighted by Crippen LogP contribution is 2.29. The fraction of sp³-hybridized carbons (Fsp3) is 0.417. The maximum atomic E-state index is 11.0. The summed E-state index contributed by atoms with van der Waals surface area (Å²) in [5.41, 5.74) is 0.293. The molecule has 0 radical (unpaired) electrons. The van der Waals surface area contributed by atoms with E-state index in [0.29, 0.717) is 12.3 Å². The van der Waals surface area contributed by atoms with E-state index in [1.54, 1.807) is 12.1 Å². The first-order valence-electron chi connectivity index (χ1n) is 5.74. The lowest BCUT2D eigenvalue weighted by Gasteiger charge is -2.24. The maximum Gasteiger partial charge on any atom is 0.309 e. The Balaban J connectivity index is 2.26. The van der Waals surface area contributed by atoms with Crippen molar-refractivity contribution in [3.05, 3.63) is 33.9 Å². The molecule has 1 aromatic carbocycles. The van der Waals surface area contributed by atoms with Gasteiger partial charge in [-0.15, -0.1) is 0 Å². The molecule has 1 atom stereocenters. The Morgan fingerprint density at radius 2 is 2.39 bits per heavy atom. The average Bonchev–Trinajstić information content (AvgIpc) is 2.39. The van der Waals surface area contributed by atoms with Crippen LogP contribution in [0.5, 0.6) is 0 Å². The number of ether oxygens (including phenoxy) is 1. The molecule has 0 bridgehead atoms. The van der Waals surface area contributed by atoms with Crippen LogP contribution in [0.2, 0.25) is 0 Å². The summed E-state index contributed by atoms with van der Waals surface area (Å²) < 4.78 is 5.31. The first-order chi connectivity index (χ1) is 8.72. The fourth-order valence-corrected chi connectivity index (χ4v) is 2.02. The Morgan fingerprint density at radius 3 is 3.00 bits per heavy atom. The molecule has 0 aromatic heterocycles. The minimum atomic E-state index is -0.523. The summed E-state index contributed by atoms with van der Waals surface area (Å²) in [5, 5.41) is 23.0. The minimum absolute atomic E-state index is 0.0615. The molecular formula is C12H13N3O3. The molecule has 18 heavy (non-hydrogen) atoms. The quantitative estimate of drug-likeness (QED) is 0.652. The van der Waals surface area contributed by atoms with E-state index in [4.69, 9.17) is 10.00 Å². The van der Waals surface area contributed by atoms with Crippen LogP contribution in [-0.2, 0) is 4.74 Å². The monoisotopic (exact) mass is 247 g/mol. The van der Waals surface area contributed by atoms with Gasteiger partial charge in [0.1, 0.15) is 17.3 Å². The van der Waals surface area contributed by atoms with E-state index in [0.717, 1.165) is 19.4 Å². The third-order valence-electron chi connectivity index (χ3n) is 2.86. The summed E-state index contributed by atoms with van der Waals surface area (Å²) in [6.45, 7) is 1.27. The number of benzene rings is 1. The third kappa shape index (κ3) is 2.57. The largest absolute Gasteiger partial charge is 0.379 e. The molecule has 1 aromatic rings. The van der Waals surface area contributed by atoms with Gasteiger partial charge >= 0.3 is 5.69 Å². The van der Waals surface area contributed by atoms with Gasteiger partial charge in [-0.1, -0.05) is 6.07 Å². The number of nitrogens with one attached hydrogen (secondary N) is 1. The second-order valence-electron chi connectivity index (χ2n) is 4.13. The smallest absolute Gasteiger partial charge is 0.309 e. The highest BCUT2D eigenvalue weighted by atomic mass is 16.6. The van der Waals surface area contributed by atoms with Gasteiger partial charge in [-0.05, 0) is 25.0 Å². The van der Waals surface area contributed by atoms with Gasteiger partial charge in [0, 0.05) is 12.6 Å². The van der Waals surface area contributed by atoms with Crippen LogP contribution in [0.25, 0.3) is 0 Å². The van der Waals surface area contributed by atoms with Gasteiger partial charge in [-0.25, -0.2) is 0 Å². The van der Waals surface area contributed by atoms with Crippen LogP contribution in [0.3, 0.4) is 0 Å². The summed E-state index contributed by atoms with van der Waals surface area (Å²) in [5.74, 6) is 0. The molecule has 1 fully saturated rings. The van der Waals surface area contributed by atoms with Gasteiger partial charge < -0.3 is 10.1 Å². The topological polar surface area (TPSA) is 88.2 Å². The lowest BCUT2D eigenvalue weighted by molar-refractivity contribution is -0.384. The van der Waals surface area contributed by atoms with E-state index in [9.17, 15) is 10.1 Å². The van der Waals surface area contributed by atoms with E-state index in [1.807, 2.05) is 6.07 Å². The molecule has 0 saturated carbocycles. The van der Waals surface area contributed by atoms with Crippen LogP contribution in [0, 0.1) is 21.4 Å². The number of nitro benzene ring substituents is 1. The SMILES string of the molecule is N#Cc1cccc(NC2CCCOC2)c1[N+](=O)[O-]. The van der Waals surface area contributed by atoms with Gasteiger partial charge in [-0.2, -0.15) is 5.26 Å². The molecule has 0 amide bonds. The van der Waals surface area contributed by atoms with Gasteiger partial charge in [0.05, 0.1) is 11.5 Å². The number of nitro groups is 1. The second kappa shape index (κ2) is 5.47. The molecule has 1 saturated heterocycles. The van der Waals surface area contributed by atoms with E-state index in [2.05, 4.69) is 5.32 Å². The molecule has 0 spiro atoms. The van der Waals surface area contributed by atoms with Crippen molar-refractivity contribution in [2.24, 2.45) is 0 Å². The van der Waals surface area contributed by atoms with Crippen LogP contribution in [-0.4, -0.2) is 24.2 Å². The molecule has 1 unspecified atom stereocenters. The van der Waals surface area contributed by atoms with Crippen molar-refractivity contribution in [1.29, 1.82) is 5.26 Å². The average molecular weight is 247 g/mol. The van der Waals surface area contributed by atoms with E-state index < -0.39 is 4.92 Å². The third-order valence-corrected chi connectivity index (χ3v) is 2.86. The van der Waals surface area contributed by atoms with E-state index in [-0.39, 0.29) is 17.3 Å². The highest BCUT2D eigenvalue weighted by Gasteiger charge is 2.22. The van der Waals surface area contributed by atoms with Gasteiger partial charge in [-0.3, -0.25) is 10.1 Å². The Morgan fingerprint density at radius 1 is 1.56 bits per heavy atom. The maximum absolute atomic E-state index is 11.0. The van der Waals surface area contributed by atoms with Gasteiger partial charge in [0.25, 0.3) is 0 Å². The second-order valence-corrected chi connectivity index (χ2v) is 4.13. The summed E-state index contributed by atoms with van der Waals surface area (Å²) in [4.78, 5) is 10.5. The van der Waals surface area contributed by atoms with Crippen LogP contribution < -0.4 is 5.32 Å². The molecule has 1 aliphatic heterocycles. The number of anilines is 1. The molecule has 6 nitrogen and oxygen atoms in total. The normalized spacial score (nSPS) is 18.9. The molecule has 2 rings (SSSR count). The summed E-state index contributed by atoms with van der Waals surface area (Å²) in [7, 11) is 0. The number of rotatable bonds is 3. The van der Waals surface area contributed by atoms with Crippen LogP contribution in [0.1, 0.15) is 18.4 Å². The van der Waals surface area contributed by atoms with E-state index >= 15 is 0 Å². The number of hydrogen-bond acceptors (Lipinski definition) is 5. The molecule has 1 aliphatic rings. The Kier molecular flexibility index (Phi) is 3.75. The number of para-hydroxylation sites is 1. The summed E-state index contributed by atoms with van der Waals surface area (Å²) >= 11 is 0. The van der Waals surface area contributed by atoms with Crippen molar-refractivity contribution >= 4 is 11.4 Å². The zero-order chi connectivity index (χ0) is 13.0. The standard InChI is InChI=1S/C12H13N3O3/c13-7-9-3-1-5-11(12(9)15(16)17)14-10-4-2-6-18-8-10/h1,3,5,10,14H,2,4,6,8H2. The molecule has 94 valence electrons. The van der Waals surface area contributed by atoms with Crippen molar-refractivity contribution in [3.63, 3.8) is 0 Å². The Hall–Kier alpha value is -2.13. The predicted octanol–water partition coefficient (Wildman–Crippen LogP) is 2.06. The Bertz CT molecular complexity index is 490. The first-order valence-corrected chi connectivity index (χ1v) is 5.74. The zero-order valence-electron chi connectivity index (χ0n) is 9.76. The van der Waals surface area contributed by atoms with E-state index in [1.165, 1.54) is 6.07 Å². The van der Waals surface area contributed by atoms with Crippen molar-refractivity contribution in [2.45, 2.75) is 18.9 Å². The lowest BCUT2D eigenvalue weighted by Crippen LogP contribution is -2.30. The predicted molar refractivity (Wildman–Crippen MR) is 65.3 cm³/mol. The van der Waals surface area contributed by atoms with Gasteiger partial charge in [0.2, 0.25) is 0 Å². The first kappa shape index (κ1) is 12.3. The molecule has 1 heterocycles. The zero-order valence-corrected chi connectivity index (χ0v) is 9.76. The van der Waals surface area contributed by atoms with Crippen LogP contribution >= 0.6 is 0 Å². The Labute approximate surface area is 104 Å². The molecule has 0 aliphatic carbocycles. The summed E-state index contributed by atoms with van der Waals surface area (Å²) in [6.07, 6.45) is 1.84. The molecular weight excluding hydrogens is 234 g/mol. The number of nitriles is 1. The van der Waals surface area contributed by atoms with Crippen molar-refractivity contribution in [3.8, 4) is 6.07 Å². The molecule has 1 N–H and O–H groups in total. The number of hydrogen-bond donors (Lipinski definition) is 1. The van der Waals surface area contributed by atoms with Crippen LogP contribution in [0.4, 0.5) is 11.4 Å². The van der Waals surface area contributed by atoms with Crippen molar-refractivity contribution in [1.82, 2.24) is 0 Å². The molecule has 6 heteroatoms. The highest BCUT2D eigenvalue weighted by molar-refractivity contribution is 5.68. The summed E-state index contributed by atoms with van der Waals surface area (Å²) in [6, 6.07) is 6.60. The lowest BCUT2D eigenvalue weighted by atomic mass is 10.1. The van der Waals surface area contributed by atoms with Crippen molar-refractivity contribution < 1.29 is 9.66 Å². The number of nitrogens with zero attached hydrogens (tertiary/aromatic N) is 2. The minimum Gasteiger partial charge on any atom is -0.379 e.